The zero-order chi connectivity index (χ0) is 15.1. The molecule has 2 aromatic rings. The minimum atomic E-state index is -1.15. The van der Waals surface area contributed by atoms with Crippen molar-refractivity contribution in [2.75, 3.05) is 0 Å². The Morgan fingerprint density at radius 1 is 0.667 bits per heavy atom. The fraction of sp³-hybridized carbons (Fsp3) is 0. The summed E-state index contributed by atoms with van der Waals surface area (Å²) < 4.78 is 1.72. The fourth-order valence-electron chi connectivity index (χ4n) is 1.17. The van der Waals surface area contributed by atoms with Crippen molar-refractivity contribution < 1.29 is 19.8 Å². The topological polar surface area (TPSA) is 80.3 Å². The quantitative estimate of drug-likeness (QED) is 0.680. The van der Waals surface area contributed by atoms with Crippen molar-refractivity contribution in [3.63, 3.8) is 0 Å². The van der Waals surface area contributed by atoms with Crippen LogP contribution in [0.15, 0.2) is 57.5 Å². The molecule has 7 heteroatoms. The van der Waals surface area contributed by atoms with E-state index in [1.165, 1.54) is 24.3 Å². The number of carbonyl (C=O) groups excluding carboxylic acids is 2. The number of hydrogen-bond donors (Lipinski definition) is 0. The van der Waals surface area contributed by atoms with E-state index in [2.05, 4.69) is 31.9 Å². The van der Waals surface area contributed by atoms with Crippen molar-refractivity contribution in [2.45, 2.75) is 0 Å². The van der Waals surface area contributed by atoms with Crippen molar-refractivity contribution in [3.8, 4) is 0 Å². The third-order valence-electron chi connectivity index (χ3n) is 2.16. The van der Waals surface area contributed by atoms with Gasteiger partial charge in [0, 0.05) is 8.95 Å². The standard InChI is InChI=1S/2C7H5BrO2.Mg/c2*8-6-3-1-5(2-4-6)7(9)10;/h2*1-4H,(H,9,10);/q;;+2/p-2. The Bertz CT molecular complexity index is 542. The first-order valence-corrected chi connectivity index (χ1v) is 6.92. The van der Waals surface area contributed by atoms with Gasteiger partial charge in [-0.15, -0.1) is 0 Å². The molecule has 0 aliphatic carbocycles. The largest absolute Gasteiger partial charge is 2.00 e. The molecule has 0 radical (unpaired) electrons. The summed E-state index contributed by atoms with van der Waals surface area (Å²) in [5.74, 6) is -2.29. The summed E-state index contributed by atoms with van der Waals surface area (Å²) >= 11 is 6.36. The van der Waals surface area contributed by atoms with E-state index in [-0.39, 0.29) is 34.2 Å². The number of hydrogen-bond acceptors (Lipinski definition) is 4. The van der Waals surface area contributed by atoms with Crippen LogP contribution in [0.25, 0.3) is 0 Å². The monoisotopic (exact) mass is 422 g/mol. The first-order valence-electron chi connectivity index (χ1n) is 5.34. The first kappa shape index (κ1) is 20.1. The predicted octanol–water partition coefficient (Wildman–Crippen LogP) is 1.24. The molecule has 0 N–H and O–H groups in total. The molecule has 0 aliphatic heterocycles. The van der Waals surface area contributed by atoms with Gasteiger partial charge in [-0.1, -0.05) is 56.1 Å². The molecule has 0 saturated carbocycles. The van der Waals surface area contributed by atoms with Crippen molar-refractivity contribution in [3.05, 3.63) is 68.6 Å². The smallest absolute Gasteiger partial charge is 0.545 e. The minimum Gasteiger partial charge on any atom is -0.545 e. The van der Waals surface area contributed by atoms with Crippen molar-refractivity contribution in [2.24, 2.45) is 0 Å². The van der Waals surface area contributed by atoms with E-state index in [0.717, 1.165) is 8.95 Å². The van der Waals surface area contributed by atoms with E-state index in [1.807, 2.05) is 0 Å². The minimum absolute atomic E-state index is 0. The van der Waals surface area contributed by atoms with Crippen LogP contribution < -0.4 is 10.2 Å². The van der Waals surface area contributed by atoms with E-state index in [0.29, 0.717) is 0 Å². The Kier molecular flexibility index (Phi) is 9.51. The molecule has 0 amide bonds. The Balaban J connectivity index is 0.000000364. The maximum Gasteiger partial charge on any atom is 2.00 e. The average Bonchev–Trinajstić information content (AvgIpc) is 2.40. The van der Waals surface area contributed by atoms with Gasteiger partial charge in [-0.05, 0) is 35.4 Å². The zero-order valence-electron chi connectivity index (χ0n) is 10.7. The van der Waals surface area contributed by atoms with E-state index >= 15 is 0 Å². The number of halogens is 2. The number of aromatic carboxylic acids is 2. The number of carboxylic acid groups (broad SMARTS) is 2. The van der Waals surface area contributed by atoms with Gasteiger partial charge in [-0.25, -0.2) is 0 Å². The molecule has 0 heterocycles. The van der Waals surface area contributed by atoms with Gasteiger partial charge in [-0.2, -0.15) is 0 Å². The normalized spacial score (nSPS) is 8.86. The Morgan fingerprint density at radius 3 is 1.10 bits per heavy atom. The van der Waals surface area contributed by atoms with Crippen molar-refractivity contribution in [1.29, 1.82) is 0 Å². The summed E-state index contributed by atoms with van der Waals surface area (Å²) in [5, 5.41) is 20.4. The molecule has 104 valence electrons. The van der Waals surface area contributed by atoms with Crippen LogP contribution in [0.5, 0.6) is 0 Å². The molecule has 2 rings (SSSR count). The van der Waals surface area contributed by atoms with E-state index in [4.69, 9.17) is 0 Å². The number of benzene rings is 2. The molecule has 0 aliphatic rings. The second kappa shape index (κ2) is 9.94. The molecule has 2 aromatic carbocycles. The molecule has 4 nitrogen and oxygen atoms in total. The maximum absolute atomic E-state index is 10.2. The van der Waals surface area contributed by atoms with Gasteiger partial charge in [0.05, 0.1) is 11.9 Å². The third kappa shape index (κ3) is 7.61. The molecular weight excluding hydrogens is 416 g/mol. The van der Waals surface area contributed by atoms with Gasteiger partial charge in [0.25, 0.3) is 0 Å². The fourth-order valence-corrected chi connectivity index (χ4v) is 1.70. The van der Waals surface area contributed by atoms with Crippen LogP contribution in [-0.2, 0) is 0 Å². The molecular formula is C14H8Br2MgO4. The summed E-state index contributed by atoms with van der Waals surface area (Å²) in [6.07, 6.45) is 0. The number of rotatable bonds is 2. The van der Waals surface area contributed by atoms with Crippen molar-refractivity contribution >= 4 is 66.9 Å². The van der Waals surface area contributed by atoms with E-state index in [9.17, 15) is 19.8 Å². The van der Waals surface area contributed by atoms with Gasteiger partial charge in [0.1, 0.15) is 0 Å². The second-order valence-corrected chi connectivity index (χ2v) is 5.42. The first-order chi connectivity index (χ1) is 9.40. The van der Waals surface area contributed by atoms with Crippen LogP contribution in [-0.4, -0.2) is 35.0 Å². The SMILES string of the molecule is O=C([O-])c1ccc(Br)cc1.O=C([O-])c1ccc(Br)cc1.[Mg+2]. The van der Waals surface area contributed by atoms with Crippen LogP contribution in [0, 0.1) is 0 Å². The summed E-state index contributed by atoms with van der Waals surface area (Å²) in [6.45, 7) is 0. The second-order valence-electron chi connectivity index (χ2n) is 3.59. The number of carboxylic acids is 2. The Hall–Kier alpha value is -0.894. The summed E-state index contributed by atoms with van der Waals surface area (Å²) in [6, 6.07) is 12.6. The molecule has 0 unspecified atom stereocenters. The summed E-state index contributed by atoms with van der Waals surface area (Å²) in [4.78, 5) is 20.4. The van der Waals surface area contributed by atoms with Crippen molar-refractivity contribution in [1.82, 2.24) is 0 Å². The molecule has 0 atom stereocenters. The molecule has 0 saturated heterocycles. The van der Waals surface area contributed by atoms with Crippen LogP contribution in [0.3, 0.4) is 0 Å². The van der Waals surface area contributed by atoms with Crippen LogP contribution >= 0.6 is 31.9 Å². The Morgan fingerprint density at radius 2 is 0.905 bits per heavy atom. The van der Waals surface area contributed by atoms with Crippen LogP contribution in [0.1, 0.15) is 20.7 Å². The Labute approximate surface area is 154 Å². The number of carbonyl (C=O) groups is 2. The predicted molar refractivity (Wildman–Crippen MR) is 82.7 cm³/mol. The van der Waals surface area contributed by atoms with Gasteiger partial charge in [0.15, 0.2) is 0 Å². The molecule has 0 fully saturated rings. The van der Waals surface area contributed by atoms with Gasteiger partial charge in [0.2, 0.25) is 0 Å². The van der Waals surface area contributed by atoms with Crippen LogP contribution in [0.4, 0.5) is 0 Å². The zero-order valence-corrected chi connectivity index (χ0v) is 15.3. The van der Waals surface area contributed by atoms with E-state index < -0.39 is 11.9 Å². The van der Waals surface area contributed by atoms with Gasteiger partial charge < -0.3 is 19.8 Å². The van der Waals surface area contributed by atoms with Gasteiger partial charge in [-0.3, -0.25) is 0 Å². The maximum atomic E-state index is 10.2. The molecule has 0 aromatic heterocycles. The third-order valence-corrected chi connectivity index (χ3v) is 3.22. The molecule has 21 heavy (non-hydrogen) atoms. The summed E-state index contributed by atoms with van der Waals surface area (Å²) in [5.41, 5.74) is 0.395. The van der Waals surface area contributed by atoms with Gasteiger partial charge >= 0.3 is 23.1 Å². The molecule has 0 spiro atoms. The molecule has 0 bridgehead atoms. The summed E-state index contributed by atoms with van der Waals surface area (Å²) in [7, 11) is 0. The average molecular weight is 424 g/mol. The van der Waals surface area contributed by atoms with Crippen LogP contribution in [0.2, 0.25) is 0 Å². The van der Waals surface area contributed by atoms with E-state index in [1.54, 1.807) is 24.3 Å².